The molecule has 2 aromatic carbocycles. The van der Waals surface area contributed by atoms with Gasteiger partial charge in [-0.3, -0.25) is 14.6 Å². The first-order valence-electron chi connectivity index (χ1n) is 10.9. The molecule has 6 heteroatoms. The van der Waals surface area contributed by atoms with Crippen molar-refractivity contribution in [3.8, 4) is 11.5 Å². The minimum atomic E-state index is -0.652. The molecule has 1 aliphatic carbocycles. The molecule has 0 saturated carbocycles. The van der Waals surface area contributed by atoms with E-state index in [4.69, 9.17) is 14.2 Å². The van der Waals surface area contributed by atoms with E-state index in [2.05, 4.69) is 4.99 Å². The predicted molar refractivity (Wildman–Crippen MR) is 121 cm³/mol. The maximum atomic E-state index is 13.2. The first-order valence-corrected chi connectivity index (χ1v) is 10.9. The lowest BCUT2D eigenvalue weighted by molar-refractivity contribution is -0.147. The number of carbonyl (C=O) groups is 2. The average Bonchev–Trinajstić information content (AvgIpc) is 2.82. The molecule has 0 aromatic heterocycles. The number of Topliss-reactive ketones (excluding diaryl/α,β-unsaturated/α-hetero) is 1. The number of para-hydroxylation sites is 1. The number of ether oxygens (including phenoxy) is 3. The highest BCUT2D eigenvalue weighted by Crippen LogP contribution is 2.43. The molecular weight excluding hydrogens is 406 g/mol. The average molecular weight is 434 g/mol. The molecule has 1 aliphatic heterocycles. The van der Waals surface area contributed by atoms with Crippen LogP contribution in [0.4, 0.5) is 0 Å². The summed E-state index contributed by atoms with van der Waals surface area (Å²) in [5.74, 6) is 0.0424. The molecular formula is C26H27NO5. The first kappa shape index (κ1) is 21.8. The topological polar surface area (TPSA) is 74.2 Å². The van der Waals surface area contributed by atoms with E-state index < -0.39 is 17.8 Å². The molecule has 0 amide bonds. The van der Waals surface area contributed by atoms with Gasteiger partial charge < -0.3 is 14.2 Å². The van der Waals surface area contributed by atoms with E-state index in [0.717, 1.165) is 35.6 Å². The molecule has 0 bridgehead atoms. The second-order valence-electron chi connectivity index (χ2n) is 7.95. The summed E-state index contributed by atoms with van der Waals surface area (Å²) < 4.78 is 16.5. The highest BCUT2D eigenvalue weighted by atomic mass is 16.6. The highest BCUT2D eigenvalue weighted by Gasteiger charge is 2.43. The van der Waals surface area contributed by atoms with Crippen LogP contribution in [0.15, 0.2) is 70.9 Å². The minimum absolute atomic E-state index is 0.0635. The van der Waals surface area contributed by atoms with Gasteiger partial charge in [0.25, 0.3) is 0 Å². The van der Waals surface area contributed by atoms with Crippen molar-refractivity contribution in [1.82, 2.24) is 0 Å². The summed E-state index contributed by atoms with van der Waals surface area (Å²) in [4.78, 5) is 30.8. The van der Waals surface area contributed by atoms with Gasteiger partial charge in [0, 0.05) is 29.3 Å². The fourth-order valence-corrected chi connectivity index (χ4v) is 4.39. The lowest BCUT2D eigenvalue weighted by Gasteiger charge is -2.34. The number of benzene rings is 2. The molecule has 32 heavy (non-hydrogen) atoms. The molecule has 6 nitrogen and oxygen atoms in total. The number of ketones is 1. The third-order valence-electron chi connectivity index (χ3n) is 5.90. The van der Waals surface area contributed by atoms with Crippen LogP contribution in [0.5, 0.6) is 11.5 Å². The van der Waals surface area contributed by atoms with E-state index in [1.54, 1.807) is 7.11 Å². The Hall–Kier alpha value is -3.41. The lowest BCUT2D eigenvalue weighted by atomic mass is 9.72. The number of nitrogens with zero attached hydrogens (tertiary/aromatic N) is 1. The van der Waals surface area contributed by atoms with Crippen LogP contribution in [-0.4, -0.2) is 37.8 Å². The van der Waals surface area contributed by atoms with Gasteiger partial charge in [-0.25, -0.2) is 0 Å². The van der Waals surface area contributed by atoms with Crippen molar-refractivity contribution in [2.45, 2.75) is 32.1 Å². The summed E-state index contributed by atoms with van der Waals surface area (Å²) in [7, 11) is 1.61. The number of aliphatic imine (C=N–C) groups is 1. The zero-order chi connectivity index (χ0) is 22.5. The summed E-state index contributed by atoms with van der Waals surface area (Å²) in [6.07, 6.45) is 2.01. The quantitative estimate of drug-likeness (QED) is 0.475. The van der Waals surface area contributed by atoms with Gasteiger partial charge in [0.05, 0.1) is 7.11 Å². The lowest BCUT2D eigenvalue weighted by Crippen LogP contribution is -2.37. The Morgan fingerprint density at radius 2 is 1.75 bits per heavy atom. The van der Waals surface area contributed by atoms with Crippen LogP contribution in [-0.2, 0) is 14.3 Å². The summed E-state index contributed by atoms with van der Waals surface area (Å²) >= 11 is 0. The van der Waals surface area contributed by atoms with E-state index in [9.17, 15) is 9.59 Å². The van der Waals surface area contributed by atoms with Crippen molar-refractivity contribution in [2.75, 3.05) is 20.3 Å². The number of methoxy groups -OCH3 is 1. The summed E-state index contributed by atoms with van der Waals surface area (Å²) in [6, 6.07) is 16.9. The molecule has 2 aliphatic rings. The van der Waals surface area contributed by atoms with E-state index >= 15 is 0 Å². The Morgan fingerprint density at radius 3 is 2.47 bits per heavy atom. The monoisotopic (exact) mass is 433 g/mol. The van der Waals surface area contributed by atoms with Gasteiger partial charge in [-0.2, -0.15) is 0 Å². The molecule has 2 atom stereocenters. The van der Waals surface area contributed by atoms with Crippen molar-refractivity contribution in [2.24, 2.45) is 10.9 Å². The Labute approximate surface area is 187 Å². The van der Waals surface area contributed by atoms with Crippen LogP contribution in [0.2, 0.25) is 0 Å². The second kappa shape index (κ2) is 9.81. The van der Waals surface area contributed by atoms with E-state index in [1.165, 1.54) is 0 Å². The molecule has 166 valence electrons. The van der Waals surface area contributed by atoms with Crippen molar-refractivity contribution in [3.63, 3.8) is 0 Å². The van der Waals surface area contributed by atoms with Crippen LogP contribution in [0, 0.1) is 5.92 Å². The standard InChI is InChI=1S/C26H27NO5/c1-17-23(26(29)32-16-15-31-20-7-4-3-5-8-20)24(18-11-13-19(30-2)14-12-18)25-21(27-17)9-6-10-22(25)28/h3-5,7-8,11-14,23-24H,6,9-10,15-16H2,1-2H3/t23?,24-/m0/s1. The Kier molecular flexibility index (Phi) is 6.69. The van der Waals surface area contributed by atoms with Crippen LogP contribution in [0.25, 0.3) is 0 Å². The summed E-state index contributed by atoms with van der Waals surface area (Å²) in [6.45, 7) is 2.21. The third-order valence-corrected chi connectivity index (χ3v) is 5.90. The maximum absolute atomic E-state index is 13.2. The van der Waals surface area contributed by atoms with Gasteiger partial charge in [-0.1, -0.05) is 30.3 Å². The van der Waals surface area contributed by atoms with Crippen molar-refractivity contribution < 1.29 is 23.8 Å². The van der Waals surface area contributed by atoms with Crippen molar-refractivity contribution in [1.29, 1.82) is 0 Å². The van der Waals surface area contributed by atoms with E-state index in [0.29, 0.717) is 17.7 Å². The number of hydrogen-bond acceptors (Lipinski definition) is 6. The summed E-state index contributed by atoms with van der Waals surface area (Å²) in [5.41, 5.74) is 3.00. The maximum Gasteiger partial charge on any atom is 0.315 e. The number of hydrogen-bond donors (Lipinski definition) is 0. The van der Waals surface area contributed by atoms with Gasteiger partial charge in [0.1, 0.15) is 30.6 Å². The van der Waals surface area contributed by atoms with Crippen LogP contribution < -0.4 is 9.47 Å². The molecule has 0 saturated heterocycles. The van der Waals surface area contributed by atoms with Gasteiger partial charge in [0.15, 0.2) is 5.78 Å². The second-order valence-corrected chi connectivity index (χ2v) is 7.95. The molecule has 0 fully saturated rings. The molecule has 1 unspecified atom stereocenters. The number of rotatable bonds is 7. The van der Waals surface area contributed by atoms with Crippen LogP contribution in [0.3, 0.4) is 0 Å². The molecule has 2 aromatic rings. The molecule has 4 rings (SSSR count). The van der Waals surface area contributed by atoms with Gasteiger partial charge in [-0.05, 0) is 49.6 Å². The van der Waals surface area contributed by atoms with E-state index in [1.807, 2.05) is 61.5 Å². The normalized spacial score (nSPS) is 20.3. The summed E-state index contributed by atoms with van der Waals surface area (Å²) in [5, 5.41) is 0. The van der Waals surface area contributed by atoms with Crippen molar-refractivity contribution in [3.05, 3.63) is 71.4 Å². The largest absolute Gasteiger partial charge is 0.497 e. The van der Waals surface area contributed by atoms with Gasteiger partial charge in [0.2, 0.25) is 0 Å². The van der Waals surface area contributed by atoms with Crippen LogP contribution in [0.1, 0.15) is 37.7 Å². The van der Waals surface area contributed by atoms with Gasteiger partial charge >= 0.3 is 5.97 Å². The molecule has 1 heterocycles. The van der Waals surface area contributed by atoms with E-state index in [-0.39, 0.29) is 19.0 Å². The first-order chi connectivity index (χ1) is 15.6. The SMILES string of the molecule is COc1ccc([C@@H]2C3=C(CCCC3=O)N=C(C)C2C(=O)OCCOc2ccccc2)cc1. The Balaban J connectivity index is 1.55. The van der Waals surface area contributed by atoms with Gasteiger partial charge in [-0.15, -0.1) is 0 Å². The number of carbonyl (C=O) groups excluding carboxylic acids is 2. The fourth-order valence-electron chi connectivity index (χ4n) is 4.39. The Bertz CT molecular complexity index is 1040. The highest BCUT2D eigenvalue weighted by molar-refractivity contribution is 6.08. The Morgan fingerprint density at radius 1 is 1.00 bits per heavy atom. The number of allylic oxidation sites excluding steroid dienone is 2. The smallest absolute Gasteiger partial charge is 0.315 e. The number of esters is 1. The zero-order valence-corrected chi connectivity index (χ0v) is 18.4. The minimum Gasteiger partial charge on any atom is -0.497 e. The molecule has 0 radical (unpaired) electrons. The fraction of sp³-hybridized carbons (Fsp3) is 0.346. The molecule has 0 N–H and O–H groups in total. The zero-order valence-electron chi connectivity index (χ0n) is 18.4. The van der Waals surface area contributed by atoms with Crippen LogP contribution >= 0.6 is 0 Å². The third kappa shape index (κ3) is 4.59. The van der Waals surface area contributed by atoms with Crippen molar-refractivity contribution >= 4 is 17.5 Å². The molecule has 0 spiro atoms. The predicted octanol–water partition coefficient (Wildman–Crippen LogP) is 4.50.